The predicted molar refractivity (Wildman–Crippen MR) is 138 cm³/mol. The van der Waals surface area contributed by atoms with E-state index in [2.05, 4.69) is 53.3 Å². The van der Waals surface area contributed by atoms with Gasteiger partial charge in [-0.2, -0.15) is 4.98 Å². The van der Waals surface area contributed by atoms with Crippen LogP contribution >= 0.6 is 0 Å². The molecule has 0 radical (unpaired) electrons. The first kappa shape index (κ1) is 24.8. The summed E-state index contributed by atoms with van der Waals surface area (Å²) >= 11 is 0. The number of hydrogen-bond acceptors (Lipinski definition) is 6. The first-order valence-corrected chi connectivity index (χ1v) is 11.5. The van der Waals surface area contributed by atoms with E-state index in [1.165, 1.54) is 0 Å². The van der Waals surface area contributed by atoms with E-state index in [-0.39, 0.29) is 11.9 Å². The molecule has 0 spiro atoms. The smallest absolute Gasteiger partial charge is 0.251 e. The van der Waals surface area contributed by atoms with E-state index in [1.807, 2.05) is 37.3 Å². The molecule has 1 atom stereocenters. The van der Waals surface area contributed by atoms with Gasteiger partial charge in [0.05, 0.1) is 0 Å². The Morgan fingerprint density at radius 3 is 2.71 bits per heavy atom. The van der Waals surface area contributed by atoms with Gasteiger partial charge in [0.25, 0.3) is 5.91 Å². The van der Waals surface area contributed by atoms with Gasteiger partial charge in [0.15, 0.2) is 0 Å². The Morgan fingerprint density at radius 2 is 1.97 bits per heavy atom. The summed E-state index contributed by atoms with van der Waals surface area (Å²) in [5.74, 6) is 2.09. The summed E-state index contributed by atoms with van der Waals surface area (Å²) in [7, 11) is 0. The van der Waals surface area contributed by atoms with Gasteiger partial charge in [-0.05, 0) is 55.2 Å². The van der Waals surface area contributed by atoms with Crippen LogP contribution in [-0.4, -0.2) is 28.5 Å². The van der Waals surface area contributed by atoms with E-state index in [1.54, 1.807) is 30.5 Å². The van der Waals surface area contributed by atoms with Crippen molar-refractivity contribution in [3.05, 3.63) is 78.5 Å². The Kier molecular flexibility index (Phi) is 8.62. The van der Waals surface area contributed by atoms with Crippen LogP contribution < -0.4 is 20.7 Å². The summed E-state index contributed by atoms with van der Waals surface area (Å²) in [6.45, 7) is 12.4. The van der Waals surface area contributed by atoms with Crippen LogP contribution in [0.15, 0.2) is 67.4 Å². The van der Waals surface area contributed by atoms with Gasteiger partial charge in [-0.25, -0.2) is 4.98 Å². The number of aromatic nitrogens is 2. The van der Waals surface area contributed by atoms with E-state index in [9.17, 15) is 4.79 Å². The standard InChI is InChI=1S/C27H33N5O2/c1-6-15-34-22-12-11-19(5)24(17-22)30-25-13-14-28-27(32-25)29-21-10-8-9-20(16-21)26(33)31-23(7-2)18(3)4/h6,8-14,16-18,23H,1,7,15H2,2-5H3,(H,31,33)(H2,28,29,30,32). The van der Waals surface area contributed by atoms with E-state index in [0.29, 0.717) is 29.9 Å². The number of nitrogens with one attached hydrogen (secondary N) is 3. The SMILES string of the molecule is C=CCOc1ccc(C)c(Nc2ccnc(Nc3cccc(C(=O)NC(CC)C(C)C)c3)n2)c1. The predicted octanol–water partition coefficient (Wildman–Crippen LogP) is 6.00. The summed E-state index contributed by atoms with van der Waals surface area (Å²) < 4.78 is 5.63. The molecule has 1 aromatic heterocycles. The molecule has 1 unspecified atom stereocenters. The fourth-order valence-electron chi connectivity index (χ4n) is 3.47. The van der Waals surface area contributed by atoms with Gasteiger partial charge in [-0.1, -0.05) is 45.6 Å². The number of carbonyl (C=O) groups excluding carboxylic acids is 1. The van der Waals surface area contributed by atoms with Crippen molar-refractivity contribution in [1.29, 1.82) is 0 Å². The Balaban J connectivity index is 1.72. The van der Waals surface area contributed by atoms with Crippen LogP contribution in [0.4, 0.5) is 23.1 Å². The zero-order valence-electron chi connectivity index (χ0n) is 20.3. The first-order chi connectivity index (χ1) is 16.4. The van der Waals surface area contributed by atoms with Gasteiger partial charge < -0.3 is 20.7 Å². The van der Waals surface area contributed by atoms with E-state index in [4.69, 9.17) is 4.74 Å². The molecule has 0 fully saturated rings. The van der Waals surface area contributed by atoms with E-state index >= 15 is 0 Å². The molecule has 3 N–H and O–H groups in total. The van der Waals surface area contributed by atoms with Crippen molar-refractivity contribution in [1.82, 2.24) is 15.3 Å². The molecule has 0 aliphatic rings. The lowest BCUT2D eigenvalue weighted by Gasteiger charge is -2.20. The van der Waals surface area contributed by atoms with Crippen LogP contribution in [0.25, 0.3) is 0 Å². The molecule has 0 saturated carbocycles. The maximum absolute atomic E-state index is 12.7. The second-order valence-electron chi connectivity index (χ2n) is 8.40. The first-order valence-electron chi connectivity index (χ1n) is 11.5. The van der Waals surface area contributed by atoms with Crippen LogP contribution in [0.3, 0.4) is 0 Å². The average molecular weight is 460 g/mol. The highest BCUT2D eigenvalue weighted by Crippen LogP contribution is 2.25. The topological polar surface area (TPSA) is 88.2 Å². The number of carbonyl (C=O) groups is 1. The van der Waals surface area contributed by atoms with Crippen LogP contribution in [0, 0.1) is 12.8 Å². The number of ether oxygens (including phenoxy) is 1. The minimum absolute atomic E-state index is 0.0884. The van der Waals surface area contributed by atoms with Crippen molar-refractivity contribution in [2.75, 3.05) is 17.2 Å². The third-order valence-electron chi connectivity index (χ3n) is 5.44. The molecular formula is C27H33N5O2. The molecule has 7 nitrogen and oxygen atoms in total. The van der Waals surface area contributed by atoms with Gasteiger partial charge in [-0.15, -0.1) is 0 Å². The number of rotatable bonds is 11. The van der Waals surface area contributed by atoms with Gasteiger partial charge in [-0.3, -0.25) is 4.79 Å². The zero-order valence-corrected chi connectivity index (χ0v) is 20.3. The van der Waals surface area contributed by atoms with Crippen LogP contribution in [0.1, 0.15) is 43.1 Å². The number of nitrogens with zero attached hydrogens (tertiary/aromatic N) is 2. The van der Waals surface area contributed by atoms with Crippen molar-refractivity contribution < 1.29 is 9.53 Å². The average Bonchev–Trinajstić information content (AvgIpc) is 2.83. The highest BCUT2D eigenvalue weighted by molar-refractivity contribution is 5.95. The molecule has 0 aliphatic carbocycles. The number of benzene rings is 2. The Labute approximate surface area is 201 Å². The van der Waals surface area contributed by atoms with E-state index in [0.717, 1.165) is 29.1 Å². The third kappa shape index (κ3) is 6.81. The summed E-state index contributed by atoms with van der Waals surface area (Å²) in [6.07, 6.45) is 4.27. The number of hydrogen-bond donors (Lipinski definition) is 3. The Hall–Kier alpha value is -3.87. The van der Waals surface area contributed by atoms with Crippen LogP contribution in [-0.2, 0) is 0 Å². The summed E-state index contributed by atoms with van der Waals surface area (Å²) in [5, 5.41) is 9.62. The lowest BCUT2D eigenvalue weighted by molar-refractivity contribution is 0.0924. The summed E-state index contributed by atoms with van der Waals surface area (Å²) in [5.41, 5.74) is 3.27. The lowest BCUT2D eigenvalue weighted by Crippen LogP contribution is -2.38. The Morgan fingerprint density at radius 1 is 1.15 bits per heavy atom. The molecule has 2 aromatic carbocycles. The van der Waals surface area contributed by atoms with Crippen molar-refractivity contribution in [3.63, 3.8) is 0 Å². The van der Waals surface area contributed by atoms with Gasteiger partial charge >= 0.3 is 0 Å². The van der Waals surface area contributed by atoms with E-state index < -0.39 is 0 Å². The number of aryl methyl sites for hydroxylation is 1. The maximum atomic E-state index is 12.7. The molecule has 34 heavy (non-hydrogen) atoms. The lowest BCUT2D eigenvalue weighted by atomic mass is 10.0. The van der Waals surface area contributed by atoms with Crippen molar-refractivity contribution in [2.45, 2.75) is 40.2 Å². The normalized spacial score (nSPS) is 11.6. The van der Waals surface area contributed by atoms with Crippen molar-refractivity contribution in [2.24, 2.45) is 5.92 Å². The fraction of sp³-hybridized carbons (Fsp3) is 0.296. The second-order valence-corrected chi connectivity index (χ2v) is 8.40. The maximum Gasteiger partial charge on any atom is 0.251 e. The fourth-order valence-corrected chi connectivity index (χ4v) is 3.47. The van der Waals surface area contributed by atoms with Crippen LogP contribution in [0.5, 0.6) is 5.75 Å². The number of amides is 1. The highest BCUT2D eigenvalue weighted by Gasteiger charge is 2.15. The summed E-state index contributed by atoms with van der Waals surface area (Å²) in [6, 6.07) is 15.1. The number of anilines is 4. The summed E-state index contributed by atoms with van der Waals surface area (Å²) in [4.78, 5) is 21.6. The van der Waals surface area contributed by atoms with Gasteiger partial charge in [0.1, 0.15) is 18.2 Å². The molecule has 0 bridgehead atoms. The van der Waals surface area contributed by atoms with Gasteiger partial charge in [0.2, 0.25) is 5.95 Å². The molecule has 3 aromatic rings. The molecule has 0 saturated heterocycles. The highest BCUT2D eigenvalue weighted by atomic mass is 16.5. The van der Waals surface area contributed by atoms with Crippen molar-refractivity contribution >= 4 is 29.0 Å². The van der Waals surface area contributed by atoms with Crippen LogP contribution in [0.2, 0.25) is 0 Å². The minimum atomic E-state index is -0.0884. The zero-order chi connectivity index (χ0) is 24.5. The Bertz CT molecular complexity index is 1130. The molecule has 0 aliphatic heterocycles. The molecule has 7 heteroatoms. The van der Waals surface area contributed by atoms with Gasteiger partial charge in [0, 0.05) is 35.2 Å². The minimum Gasteiger partial charge on any atom is -0.489 e. The molecule has 3 rings (SSSR count). The monoisotopic (exact) mass is 459 g/mol. The molecular weight excluding hydrogens is 426 g/mol. The largest absolute Gasteiger partial charge is 0.489 e. The molecule has 178 valence electrons. The quantitative estimate of drug-likeness (QED) is 0.305. The second kappa shape index (κ2) is 11.8. The third-order valence-corrected chi connectivity index (χ3v) is 5.44. The van der Waals surface area contributed by atoms with Crippen molar-refractivity contribution in [3.8, 4) is 5.75 Å². The molecule has 1 heterocycles. The molecule has 1 amide bonds.